The average Bonchev–Trinajstić information content (AvgIpc) is 3.95. The van der Waals surface area contributed by atoms with Gasteiger partial charge in [-0.2, -0.15) is 0 Å². The van der Waals surface area contributed by atoms with Crippen LogP contribution in [0.3, 0.4) is 0 Å². The third kappa shape index (κ3) is 11.4. The molecule has 21 heteroatoms. The highest BCUT2D eigenvalue weighted by Gasteiger charge is 2.37. The smallest absolute Gasteiger partial charge is 0.340 e. The molecule has 0 radical (unpaired) electrons. The topological polar surface area (TPSA) is 274 Å². The molecule has 4 aliphatic rings. The summed E-state index contributed by atoms with van der Waals surface area (Å²) in [6.07, 6.45) is 2.60. The molecule has 386 valence electrons. The number of nitrogens with one attached hydrogen (secondary N) is 5. The van der Waals surface area contributed by atoms with Crippen molar-refractivity contribution in [1.29, 1.82) is 0 Å². The Kier molecular flexibility index (Phi) is 16.9. The number of carbonyl (C=O) groups excluding carboxylic acids is 8. The van der Waals surface area contributed by atoms with E-state index in [1.165, 1.54) is 37.4 Å². The lowest BCUT2D eigenvalue weighted by Crippen LogP contribution is -2.52. The normalized spacial score (nSPS) is 16.0. The standard InChI is InChI=1S/C28H30N6O8.C23H19FN2O4.C2H6/c1-42-17-32-23(36)15-31-28(41)21(12-18-6-3-2-4-7-18)33-24(37)16-29-22(35)14-30-27(40)19-8-5-9-20(13-19)34-25(38)10-11-26(34)39;1-9-3-4-11-10(2)15(24)6-16-19(11)18(9)13-7-26-17(20(13)25-16)5-12-14(22(26)28)8-30-23(29)21(12)27;1-2/h2-11,13,21H,12,14-17H2,1H3,(H,29,35)(H,30,40)(H,31,41)(H,32,36)(H,33,37);5-6,9,21,27H,3-4,7-8H2,1-2H3;1-2H3. The van der Waals surface area contributed by atoms with Crippen LogP contribution in [0, 0.1) is 12.7 Å². The quantitative estimate of drug-likeness (QED) is 0.0521. The van der Waals surface area contributed by atoms with Crippen molar-refractivity contribution >= 4 is 63.9 Å². The summed E-state index contributed by atoms with van der Waals surface area (Å²) in [5.41, 5.74) is 6.91. The first-order valence-electron chi connectivity index (χ1n) is 23.9. The number of pyridine rings is 2. The minimum absolute atomic E-state index is 0.0241. The van der Waals surface area contributed by atoms with Crippen molar-refractivity contribution in [3.63, 3.8) is 0 Å². The Morgan fingerprint density at radius 2 is 1.54 bits per heavy atom. The second-order valence-corrected chi connectivity index (χ2v) is 17.4. The largest absolute Gasteiger partial charge is 0.458 e. The number of nitrogens with zero attached hydrogens (tertiary/aromatic N) is 3. The highest BCUT2D eigenvalue weighted by Crippen LogP contribution is 2.45. The molecule has 3 aromatic carbocycles. The first-order chi connectivity index (χ1) is 35.5. The molecular weight excluding hydrogens is 960 g/mol. The number of esters is 1. The van der Waals surface area contributed by atoms with Crippen molar-refractivity contribution in [3.05, 3.63) is 140 Å². The van der Waals surface area contributed by atoms with Crippen molar-refractivity contribution in [2.75, 3.05) is 38.4 Å². The molecule has 9 rings (SSSR count). The van der Waals surface area contributed by atoms with Crippen molar-refractivity contribution in [2.24, 2.45) is 0 Å². The molecule has 74 heavy (non-hydrogen) atoms. The van der Waals surface area contributed by atoms with Gasteiger partial charge < -0.3 is 45.7 Å². The first kappa shape index (κ1) is 53.4. The first-order valence-corrected chi connectivity index (χ1v) is 23.9. The molecule has 7 amide bonds. The van der Waals surface area contributed by atoms with Gasteiger partial charge in [-0.3, -0.25) is 38.4 Å². The molecule has 3 aliphatic heterocycles. The van der Waals surface area contributed by atoms with E-state index in [2.05, 4.69) is 33.5 Å². The number of hydrogen-bond acceptors (Lipinski definition) is 13. The maximum absolute atomic E-state index is 14.6. The van der Waals surface area contributed by atoms with E-state index in [0.29, 0.717) is 34.6 Å². The average molecular weight is 1020 g/mol. The van der Waals surface area contributed by atoms with Gasteiger partial charge in [0.2, 0.25) is 23.6 Å². The summed E-state index contributed by atoms with van der Waals surface area (Å²) >= 11 is 0. The van der Waals surface area contributed by atoms with Gasteiger partial charge in [0.15, 0.2) is 6.10 Å². The second-order valence-electron chi connectivity index (χ2n) is 17.4. The predicted molar refractivity (Wildman–Crippen MR) is 267 cm³/mol. The lowest BCUT2D eigenvalue weighted by Gasteiger charge is -2.26. The van der Waals surface area contributed by atoms with E-state index < -0.39 is 72.6 Å². The molecule has 0 saturated carbocycles. The van der Waals surface area contributed by atoms with E-state index in [1.54, 1.807) is 41.0 Å². The zero-order valence-electron chi connectivity index (χ0n) is 41.3. The van der Waals surface area contributed by atoms with E-state index in [9.17, 15) is 52.6 Å². The van der Waals surface area contributed by atoms with E-state index in [0.717, 1.165) is 57.5 Å². The Labute approximate surface area is 423 Å². The van der Waals surface area contributed by atoms with E-state index in [4.69, 9.17) is 14.5 Å². The summed E-state index contributed by atoms with van der Waals surface area (Å²) in [7, 11) is 1.40. The van der Waals surface area contributed by atoms with Gasteiger partial charge in [-0.05, 0) is 72.2 Å². The fraction of sp³-hybridized carbons (Fsp3) is 0.321. The Hall–Kier alpha value is -8.43. The fourth-order valence-electron chi connectivity index (χ4n) is 9.09. The number of aromatic nitrogens is 2. The highest BCUT2D eigenvalue weighted by molar-refractivity contribution is 6.28. The van der Waals surface area contributed by atoms with Crippen molar-refractivity contribution < 1.29 is 57.3 Å². The van der Waals surface area contributed by atoms with Gasteiger partial charge in [-0.15, -0.1) is 0 Å². The van der Waals surface area contributed by atoms with E-state index >= 15 is 0 Å². The lowest BCUT2D eigenvalue weighted by molar-refractivity contribution is -0.157. The Morgan fingerprint density at radius 3 is 2.26 bits per heavy atom. The number of methoxy groups -OCH3 is 1. The number of cyclic esters (lactones) is 1. The number of ether oxygens (including phenoxy) is 2. The van der Waals surface area contributed by atoms with Crippen LogP contribution in [0.25, 0.3) is 22.3 Å². The van der Waals surface area contributed by atoms with Crippen LogP contribution < -0.4 is 37.0 Å². The van der Waals surface area contributed by atoms with E-state index in [-0.39, 0.29) is 60.4 Å². The molecule has 5 aromatic rings. The Morgan fingerprint density at radius 1 is 0.851 bits per heavy atom. The lowest BCUT2D eigenvalue weighted by atomic mass is 9.79. The molecule has 0 bridgehead atoms. The number of aliphatic hydroxyl groups is 1. The number of hydrogen-bond donors (Lipinski definition) is 6. The number of aryl methyl sites for hydroxylation is 1. The second kappa shape index (κ2) is 23.4. The van der Waals surface area contributed by atoms with Crippen LogP contribution in [0.5, 0.6) is 0 Å². The van der Waals surface area contributed by atoms with Crippen LogP contribution in [0.1, 0.15) is 88.5 Å². The number of rotatable bonds is 14. The molecule has 3 unspecified atom stereocenters. The monoisotopic (exact) mass is 1010 g/mol. The van der Waals surface area contributed by atoms with Crippen LogP contribution in [-0.4, -0.2) is 101 Å². The fourth-order valence-corrected chi connectivity index (χ4v) is 9.09. The number of fused-ring (bicyclic) bond motifs is 5. The molecule has 2 aromatic heterocycles. The zero-order chi connectivity index (χ0) is 53.4. The van der Waals surface area contributed by atoms with Crippen LogP contribution in [-0.2, 0) is 69.0 Å². The summed E-state index contributed by atoms with van der Waals surface area (Å²) in [4.78, 5) is 116. The van der Waals surface area contributed by atoms with Gasteiger partial charge in [0.25, 0.3) is 23.3 Å². The summed E-state index contributed by atoms with van der Waals surface area (Å²) in [6.45, 7) is 6.89. The van der Waals surface area contributed by atoms with Gasteiger partial charge >= 0.3 is 5.97 Å². The molecule has 0 spiro atoms. The summed E-state index contributed by atoms with van der Waals surface area (Å²) < 4.78 is 25.9. The molecule has 3 atom stereocenters. The van der Waals surface area contributed by atoms with Crippen molar-refractivity contribution in [3.8, 4) is 11.4 Å². The van der Waals surface area contributed by atoms with Crippen LogP contribution in [0.15, 0.2) is 83.7 Å². The third-order valence-electron chi connectivity index (χ3n) is 12.7. The number of aliphatic hydroxyl groups excluding tert-OH is 1. The number of amides is 7. The SMILES string of the molecule is CC.COCNC(=O)CNC(=O)C(Cc1ccccc1)NC(=O)CNC(=O)CNC(=O)c1cccc(N2C(=O)C=CC2=O)c1.Cc1c(F)cc2nc3c(c4c2c1CCC4C)Cn1c-3cc2c(c1=O)COC(=O)C2O. The van der Waals surface area contributed by atoms with Crippen molar-refractivity contribution in [1.82, 2.24) is 36.1 Å². The maximum atomic E-state index is 14.6. The van der Waals surface area contributed by atoms with E-state index in [1.807, 2.05) is 20.8 Å². The highest BCUT2D eigenvalue weighted by atomic mass is 19.1. The van der Waals surface area contributed by atoms with Crippen LogP contribution in [0.2, 0.25) is 0 Å². The minimum atomic E-state index is -1.49. The molecular formula is C53H55FN8O12. The van der Waals surface area contributed by atoms with Crippen LogP contribution in [0.4, 0.5) is 10.1 Å². The van der Waals surface area contributed by atoms with Gasteiger partial charge in [-0.1, -0.05) is 57.2 Å². The number of carbonyl (C=O) groups is 8. The number of halogens is 1. The Balaban J connectivity index is 0.000000218. The van der Waals surface area contributed by atoms with Gasteiger partial charge in [0.1, 0.15) is 25.2 Å². The summed E-state index contributed by atoms with van der Waals surface area (Å²) in [6, 6.07) is 16.8. The molecule has 5 heterocycles. The van der Waals surface area contributed by atoms with Gasteiger partial charge in [0.05, 0.1) is 54.3 Å². The van der Waals surface area contributed by atoms with Gasteiger partial charge in [0, 0.05) is 53.8 Å². The summed E-state index contributed by atoms with van der Waals surface area (Å²) in [5.74, 6) is -4.92. The number of benzene rings is 3. The molecule has 0 saturated heterocycles. The number of imide groups is 1. The van der Waals surface area contributed by atoms with Crippen molar-refractivity contribution in [2.45, 2.75) is 78.2 Å². The number of anilines is 1. The Bertz CT molecular complexity index is 3160. The molecule has 0 fully saturated rings. The third-order valence-corrected chi connectivity index (χ3v) is 12.7. The molecule has 1 aliphatic carbocycles. The van der Waals surface area contributed by atoms with Crippen LogP contribution >= 0.6 is 0 Å². The molecule has 6 N–H and O–H groups in total. The summed E-state index contributed by atoms with van der Waals surface area (Å²) in [5, 5.41) is 23.5. The predicted octanol–water partition coefficient (Wildman–Crippen LogP) is 2.56. The minimum Gasteiger partial charge on any atom is -0.458 e. The van der Waals surface area contributed by atoms with Gasteiger partial charge in [-0.25, -0.2) is 19.1 Å². The zero-order valence-corrected chi connectivity index (χ0v) is 41.3. The molecule has 20 nitrogen and oxygen atoms in total. The maximum Gasteiger partial charge on any atom is 0.340 e.